The van der Waals surface area contributed by atoms with Crippen molar-refractivity contribution in [3.63, 3.8) is 0 Å². The van der Waals surface area contributed by atoms with Gasteiger partial charge in [-0.3, -0.25) is 14.9 Å². The van der Waals surface area contributed by atoms with Crippen LogP contribution in [0.5, 0.6) is 5.75 Å². The maximum Gasteiger partial charge on any atom is 0.310 e. The van der Waals surface area contributed by atoms with Crippen LogP contribution in [0.4, 0.5) is 5.69 Å². The van der Waals surface area contributed by atoms with Gasteiger partial charge in [0.2, 0.25) is 0 Å². The van der Waals surface area contributed by atoms with Crippen LogP contribution >= 0.6 is 0 Å². The molecule has 2 aromatic carbocycles. The number of rotatable bonds is 7. The van der Waals surface area contributed by atoms with Gasteiger partial charge in [0.15, 0.2) is 11.5 Å². The summed E-state index contributed by atoms with van der Waals surface area (Å²) < 4.78 is 11.0. The van der Waals surface area contributed by atoms with E-state index in [2.05, 4.69) is 5.32 Å². The summed E-state index contributed by atoms with van der Waals surface area (Å²) in [5.74, 6) is 0.343. The van der Waals surface area contributed by atoms with E-state index in [4.69, 9.17) is 9.15 Å². The molecule has 138 valence electrons. The second-order valence-electron chi connectivity index (χ2n) is 5.89. The molecule has 0 aliphatic rings. The number of furan rings is 1. The zero-order chi connectivity index (χ0) is 19.2. The van der Waals surface area contributed by atoms with E-state index >= 15 is 0 Å². The molecule has 7 heteroatoms. The van der Waals surface area contributed by atoms with Crippen LogP contribution in [0.1, 0.15) is 34.8 Å². The standard InChI is InChI=1S/C20H18N2O5/c1-14(15-7-3-2-4-8-15)21-20(23)19-12-11-16(27-19)13-26-18-10-6-5-9-17(18)22(24)25/h2-12,14H,13H2,1H3,(H,21,23)/t14-/m1/s1. The summed E-state index contributed by atoms with van der Waals surface area (Å²) in [7, 11) is 0. The first-order valence-corrected chi connectivity index (χ1v) is 8.35. The molecule has 0 fully saturated rings. The van der Waals surface area contributed by atoms with E-state index in [0.717, 1.165) is 5.56 Å². The van der Waals surface area contributed by atoms with E-state index in [0.29, 0.717) is 5.76 Å². The summed E-state index contributed by atoms with van der Waals surface area (Å²) in [6.07, 6.45) is 0. The minimum atomic E-state index is -0.513. The van der Waals surface area contributed by atoms with Crippen molar-refractivity contribution >= 4 is 11.6 Å². The Labute approximate surface area is 155 Å². The summed E-state index contributed by atoms with van der Waals surface area (Å²) in [4.78, 5) is 22.8. The molecule has 3 aromatic rings. The van der Waals surface area contributed by atoms with Crippen LogP contribution in [-0.2, 0) is 6.61 Å². The molecule has 3 rings (SSSR count). The van der Waals surface area contributed by atoms with Crippen molar-refractivity contribution in [3.05, 3.63) is 93.9 Å². The van der Waals surface area contributed by atoms with E-state index in [-0.39, 0.29) is 35.8 Å². The molecule has 1 aromatic heterocycles. The summed E-state index contributed by atoms with van der Waals surface area (Å²) in [5.41, 5.74) is 0.857. The fourth-order valence-electron chi connectivity index (χ4n) is 2.55. The molecule has 27 heavy (non-hydrogen) atoms. The van der Waals surface area contributed by atoms with Gasteiger partial charge in [-0.05, 0) is 30.7 Å². The topological polar surface area (TPSA) is 94.6 Å². The van der Waals surface area contributed by atoms with Gasteiger partial charge < -0.3 is 14.5 Å². The van der Waals surface area contributed by atoms with Crippen LogP contribution < -0.4 is 10.1 Å². The van der Waals surface area contributed by atoms with E-state index in [1.54, 1.807) is 24.3 Å². The molecular weight excluding hydrogens is 348 g/mol. The first-order chi connectivity index (χ1) is 13.0. The van der Waals surface area contributed by atoms with Crippen LogP contribution in [0.3, 0.4) is 0 Å². The number of ether oxygens (including phenoxy) is 1. The summed E-state index contributed by atoms with van der Waals surface area (Å²) in [6.45, 7) is 1.86. The van der Waals surface area contributed by atoms with Crippen LogP contribution in [0, 0.1) is 10.1 Å². The molecule has 1 N–H and O–H groups in total. The molecule has 0 bridgehead atoms. The molecule has 0 unspecified atom stereocenters. The number of nitro groups is 1. The predicted octanol–water partition coefficient (Wildman–Crippen LogP) is 4.26. The lowest BCUT2D eigenvalue weighted by Crippen LogP contribution is -2.26. The van der Waals surface area contributed by atoms with Gasteiger partial charge in [-0.1, -0.05) is 42.5 Å². The minimum absolute atomic E-state index is 0.0215. The van der Waals surface area contributed by atoms with Gasteiger partial charge in [0.1, 0.15) is 12.4 Å². The fraction of sp³-hybridized carbons (Fsp3) is 0.150. The van der Waals surface area contributed by atoms with Crippen molar-refractivity contribution in [2.75, 3.05) is 0 Å². The number of nitrogens with one attached hydrogen (secondary N) is 1. The van der Waals surface area contributed by atoms with Crippen molar-refractivity contribution in [1.82, 2.24) is 5.32 Å². The number of nitro benzene ring substituents is 1. The Kier molecular flexibility index (Phi) is 5.51. The molecule has 0 spiro atoms. The smallest absolute Gasteiger partial charge is 0.310 e. The summed E-state index contributed by atoms with van der Waals surface area (Å²) in [5, 5.41) is 13.9. The molecule has 0 aliphatic carbocycles. The monoisotopic (exact) mass is 366 g/mol. The van der Waals surface area contributed by atoms with Crippen molar-refractivity contribution < 1.29 is 18.9 Å². The van der Waals surface area contributed by atoms with Crippen molar-refractivity contribution in [2.45, 2.75) is 19.6 Å². The van der Waals surface area contributed by atoms with Gasteiger partial charge in [0, 0.05) is 6.07 Å². The van der Waals surface area contributed by atoms with Gasteiger partial charge in [0.25, 0.3) is 5.91 Å². The second-order valence-corrected chi connectivity index (χ2v) is 5.89. The van der Waals surface area contributed by atoms with Crippen LogP contribution in [0.2, 0.25) is 0 Å². The zero-order valence-electron chi connectivity index (χ0n) is 14.6. The Morgan fingerprint density at radius 2 is 1.81 bits per heavy atom. The number of carbonyl (C=O) groups is 1. The molecule has 0 saturated carbocycles. The molecular formula is C20H18N2O5. The number of amides is 1. The first-order valence-electron chi connectivity index (χ1n) is 8.35. The van der Waals surface area contributed by atoms with Crippen molar-refractivity contribution in [2.24, 2.45) is 0 Å². The van der Waals surface area contributed by atoms with Gasteiger partial charge in [0.05, 0.1) is 11.0 Å². The Hall–Kier alpha value is -3.61. The molecule has 0 aliphatic heterocycles. The highest BCUT2D eigenvalue weighted by molar-refractivity contribution is 5.91. The van der Waals surface area contributed by atoms with E-state index in [1.807, 2.05) is 37.3 Å². The van der Waals surface area contributed by atoms with Gasteiger partial charge in [-0.25, -0.2) is 0 Å². The third-order valence-corrected chi connectivity index (χ3v) is 3.96. The molecule has 1 atom stereocenters. The van der Waals surface area contributed by atoms with Crippen LogP contribution in [0.25, 0.3) is 0 Å². The Morgan fingerprint density at radius 1 is 1.11 bits per heavy atom. The molecule has 0 radical (unpaired) electrons. The van der Waals surface area contributed by atoms with Crippen LogP contribution in [-0.4, -0.2) is 10.8 Å². The average molecular weight is 366 g/mol. The third-order valence-electron chi connectivity index (χ3n) is 3.96. The second kappa shape index (κ2) is 8.18. The highest BCUT2D eigenvalue weighted by Gasteiger charge is 2.17. The number of benzene rings is 2. The minimum Gasteiger partial charge on any atom is -0.479 e. The van der Waals surface area contributed by atoms with Crippen molar-refractivity contribution in [3.8, 4) is 5.75 Å². The zero-order valence-corrected chi connectivity index (χ0v) is 14.6. The number of nitrogens with zero attached hydrogens (tertiary/aromatic N) is 1. The van der Waals surface area contributed by atoms with Crippen molar-refractivity contribution in [1.29, 1.82) is 0 Å². The Morgan fingerprint density at radius 3 is 2.56 bits per heavy atom. The highest BCUT2D eigenvalue weighted by atomic mass is 16.6. The highest BCUT2D eigenvalue weighted by Crippen LogP contribution is 2.26. The van der Waals surface area contributed by atoms with Gasteiger partial charge in [-0.15, -0.1) is 0 Å². The quantitative estimate of drug-likeness (QED) is 0.498. The summed E-state index contributed by atoms with van der Waals surface area (Å²) in [6, 6.07) is 18.6. The molecule has 7 nitrogen and oxygen atoms in total. The van der Waals surface area contributed by atoms with Gasteiger partial charge in [-0.2, -0.15) is 0 Å². The first kappa shape index (κ1) is 18.2. The number of carbonyl (C=O) groups excluding carboxylic acids is 1. The predicted molar refractivity (Wildman–Crippen MR) is 98.5 cm³/mol. The largest absolute Gasteiger partial charge is 0.479 e. The Balaban J connectivity index is 1.61. The maximum atomic E-state index is 12.3. The lowest BCUT2D eigenvalue weighted by atomic mass is 10.1. The summed E-state index contributed by atoms with van der Waals surface area (Å²) >= 11 is 0. The Bertz CT molecular complexity index is 936. The van der Waals surface area contributed by atoms with E-state index in [1.165, 1.54) is 12.1 Å². The van der Waals surface area contributed by atoms with E-state index in [9.17, 15) is 14.9 Å². The van der Waals surface area contributed by atoms with E-state index < -0.39 is 4.92 Å². The third kappa shape index (κ3) is 4.52. The van der Waals surface area contributed by atoms with Crippen LogP contribution in [0.15, 0.2) is 71.1 Å². The molecule has 0 saturated heterocycles. The normalized spacial score (nSPS) is 11.6. The SMILES string of the molecule is C[C@@H](NC(=O)c1ccc(COc2ccccc2[N+](=O)[O-])o1)c1ccccc1. The molecule has 1 heterocycles. The lowest BCUT2D eigenvalue weighted by Gasteiger charge is -2.13. The maximum absolute atomic E-state index is 12.3. The number of hydrogen-bond acceptors (Lipinski definition) is 5. The number of para-hydroxylation sites is 2. The molecule has 1 amide bonds. The lowest BCUT2D eigenvalue weighted by molar-refractivity contribution is -0.386. The average Bonchev–Trinajstić information content (AvgIpc) is 3.16. The van der Waals surface area contributed by atoms with Gasteiger partial charge >= 0.3 is 5.69 Å². The fourth-order valence-corrected chi connectivity index (χ4v) is 2.55. The number of hydrogen-bond donors (Lipinski definition) is 1.